The van der Waals surface area contributed by atoms with Crippen LogP contribution in [0.4, 0.5) is 19.7 Å². The van der Waals surface area contributed by atoms with E-state index in [1.807, 2.05) is 18.9 Å². The van der Waals surface area contributed by atoms with Gasteiger partial charge in [0.1, 0.15) is 10.7 Å². The number of hydrogen-bond acceptors (Lipinski definition) is 5. The van der Waals surface area contributed by atoms with Crippen molar-refractivity contribution in [2.24, 2.45) is 0 Å². The maximum Gasteiger partial charge on any atom is 0.267 e. The number of aromatic nitrogens is 1. The lowest BCUT2D eigenvalue weighted by Gasteiger charge is -2.15. The summed E-state index contributed by atoms with van der Waals surface area (Å²) in [4.78, 5) is 18.9. The first kappa shape index (κ1) is 14.6. The third-order valence-electron chi connectivity index (χ3n) is 2.40. The predicted molar refractivity (Wildman–Crippen MR) is 68.4 cm³/mol. The van der Waals surface area contributed by atoms with E-state index in [9.17, 15) is 13.6 Å². The third kappa shape index (κ3) is 3.28. The van der Waals surface area contributed by atoms with Gasteiger partial charge in [0.15, 0.2) is 5.13 Å². The molecule has 1 rings (SSSR count). The number of anilines is 2. The number of nitrogen functional groups attached to an aromatic ring is 1. The molecule has 0 aromatic carbocycles. The number of nitrogens with two attached hydrogens (primary N) is 1. The zero-order valence-corrected chi connectivity index (χ0v) is 11.3. The number of carbonyl (C=O) groups is 1. The molecule has 2 N–H and O–H groups in total. The van der Waals surface area contributed by atoms with E-state index in [1.165, 1.54) is 7.05 Å². The van der Waals surface area contributed by atoms with Gasteiger partial charge in [-0.25, -0.2) is 13.8 Å². The van der Waals surface area contributed by atoms with Crippen LogP contribution < -0.4 is 10.6 Å². The van der Waals surface area contributed by atoms with Crippen molar-refractivity contribution < 1.29 is 13.6 Å². The van der Waals surface area contributed by atoms with E-state index in [-0.39, 0.29) is 10.7 Å². The van der Waals surface area contributed by atoms with Gasteiger partial charge < -0.3 is 15.5 Å². The van der Waals surface area contributed by atoms with Gasteiger partial charge in [-0.1, -0.05) is 11.3 Å². The molecule has 18 heavy (non-hydrogen) atoms. The number of halogens is 2. The fourth-order valence-corrected chi connectivity index (χ4v) is 2.24. The van der Waals surface area contributed by atoms with Gasteiger partial charge in [0.05, 0.1) is 6.54 Å². The zero-order chi connectivity index (χ0) is 13.9. The van der Waals surface area contributed by atoms with Crippen molar-refractivity contribution in [2.45, 2.75) is 13.3 Å². The first-order valence-electron chi connectivity index (χ1n) is 5.37. The fourth-order valence-electron chi connectivity index (χ4n) is 1.24. The van der Waals surface area contributed by atoms with Gasteiger partial charge in [-0.2, -0.15) is 0 Å². The Morgan fingerprint density at radius 2 is 2.11 bits per heavy atom. The molecule has 0 bridgehead atoms. The second-order valence-corrected chi connectivity index (χ2v) is 4.78. The number of thiazole rings is 1. The average Bonchev–Trinajstić information content (AvgIpc) is 2.68. The molecule has 0 atom stereocenters. The molecule has 1 heterocycles. The van der Waals surface area contributed by atoms with E-state index in [4.69, 9.17) is 5.73 Å². The van der Waals surface area contributed by atoms with Gasteiger partial charge in [-0.15, -0.1) is 0 Å². The number of rotatable bonds is 5. The summed E-state index contributed by atoms with van der Waals surface area (Å²) in [6.07, 6.45) is -2.56. The standard InChI is InChI=1S/C10H16F2N4OS/c1-4-15(2)10-14-8(13)7(18-10)9(17)16(3)5-6(11)12/h6H,4-5,13H2,1-3H3. The Labute approximate surface area is 108 Å². The van der Waals surface area contributed by atoms with Gasteiger partial charge in [-0.05, 0) is 6.92 Å². The Morgan fingerprint density at radius 3 is 2.61 bits per heavy atom. The summed E-state index contributed by atoms with van der Waals surface area (Å²) in [6.45, 7) is 2.03. The van der Waals surface area contributed by atoms with Crippen LogP contribution in [0.15, 0.2) is 0 Å². The van der Waals surface area contributed by atoms with E-state index >= 15 is 0 Å². The van der Waals surface area contributed by atoms with Crippen LogP contribution in [0.3, 0.4) is 0 Å². The largest absolute Gasteiger partial charge is 0.382 e. The highest BCUT2D eigenvalue weighted by atomic mass is 32.1. The first-order chi connectivity index (χ1) is 8.36. The molecule has 0 radical (unpaired) electrons. The van der Waals surface area contributed by atoms with E-state index in [0.29, 0.717) is 11.7 Å². The van der Waals surface area contributed by atoms with E-state index in [1.54, 1.807) is 0 Å². The molecular weight excluding hydrogens is 262 g/mol. The zero-order valence-electron chi connectivity index (χ0n) is 10.5. The van der Waals surface area contributed by atoms with Crippen molar-refractivity contribution in [3.05, 3.63) is 4.88 Å². The SMILES string of the molecule is CCN(C)c1nc(N)c(C(=O)N(C)CC(F)F)s1. The molecule has 0 saturated carbocycles. The summed E-state index contributed by atoms with van der Waals surface area (Å²) >= 11 is 1.11. The van der Waals surface area contributed by atoms with Crippen LogP contribution in [0.2, 0.25) is 0 Å². The predicted octanol–water partition coefficient (Wildman–Crippen LogP) is 1.52. The Hall–Kier alpha value is -1.44. The lowest BCUT2D eigenvalue weighted by Crippen LogP contribution is -2.31. The topological polar surface area (TPSA) is 62.5 Å². The van der Waals surface area contributed by atoms with Gasteiger partial charge >= 0.3 is 0 Å². The van der Waals surface area contributed by atoms with Crippen LogP contribution in [-0.2, 0) is 0 Å². The molecule has 0 spiro atoms. The minimum absolute atomic E-state index is 0.0846. The summed E-state index contributed by atoms with van der Waals surface area (Å²) in [5, 5.41) is 0.601. The van der Waals surface area contributed by atoms with Crippen molar-refractivity contribution in [3.8, 4) is 0 Å². The quantitative estimate of drug-likeness (QED) is 0.887. The molecule has 0 unspecified atom stereocenters. The molecule has 0 fully saturated rings. The molecule has 0 aliphatic heterocycles. The number of carbonyl (C=O) groups excluding carboxylic acids is 1. The average molecular weight is 278 g/mol. The Balaban J connectivity index is 2.89. The lowest BCUT2D eigenvalue weighted by molar-refractivity contribution is 0.0625. The van der Waals surface area contributed by atoms with Crippen molar-refractivity contribution >= 4 is 28.2 Å². The molecule has 1 aromatic heterocycles. The van der Waals surface area contributed by atoms with Gasteiger partial charge in [0.2, 0.25) is 0 Å². The van der Waals surface area contributed by atoms with Gasteiger partial charge in [0, 0.05) is 20.6 Å². The second kappa shape index (κ2) is 5.94. The third-order valence-corrected chi connectivity index (χ3v) is 3.57. The van der Waals surface area contributed by atoms with Crippen molar-refractivity contribution in [1.29, 1.82) is 0 Å². The second-order valence-electron chi connectivity index (χ2n) is 3.80. The molecule has 8 heteroatoms. The summed E-state index contributed by atoms with van der Waals surface area (Å²) in [7, 11) is 3.13. The van der Waals surface area contributed by atoms with Crippen molar-refractivity contribution in [1.82, 2.24) is 9.88 Å². The molecule has 102 valence electrons. The lowest BCUT2D eigenvalue weighted by atomic mass is 10.4. The molecular formula is C10H16F2N4OS. The summed E-state index contributed by atoms with van der Waals surface area (Å²) < 4.78 is 24.4. The highest BCUT2D eigenvalue weighted by Crippen LogP contribution is 2.28. The molecule has 1 aromatic rings. The highest BCUT2D eigenvalue weighted by Gasteiger charge is 2.22. The maximum absolute atomic E-state index is 12.2. The molecule has 0 aliphatic rings. The van der Waals surface area contributed by atoms with Crippen LogP contribution >= 0.6 is 11.3 Å². The number of nitrogens with zero attached hydrogens (tertiary/aromatic N) is 3. The molecule has 5 nitrogen and oxygen atoms in total. The van der Waals surface area contributed by atoms with Crippen molar-refractivity contribution in [2.75, 3.05) is 37.8 Å². The first-order valence-corrected chi connectivity index (χ1v) is 6.19. The molecule has 0 saturated heterocycles. The van der Waals surface area contributed by atoms with Crippen LogP contribution in [0.25, 0.3) is 0 Å². The van der Waals surface area contributed by atoms with Crippen LogP contribution in [0.5, 0.6) is 0 Å². The minimum Gasteiger partial charge on any atom is -0.382 e. The van der Waals surface area contributed by atoms with Gasteiger partial charge in [0.25, 0.3) is 12.3 Å². The smallest absolute Gasteiger partial charge is 0.267 e. The van der Waals surface area contributed by atoms with E-state index in [0.717, 1.165) is 16.2 Å². The van der Waals surface area contributed by atoms with Crippen molar-refractivity contribution in [3.63, 3.8) is 0 Å². The summed E-state index contributed by atoms with van der Waals surface area (Å²) in [5.41, 5.74) is 5.64. The Kier molecular flexibility index (Phi) is 4.83. The summed E-state index contributed by atoms with van der Waals surface area (Å²) in [5.74, 6) is -0.442. The maximum atomic E-state index is 12.2. The van der Waals surface area contributed by atoms with Crippen LogP contribution in [0, 0.1) is 0 Å². The van der Waals surface area contributed by atoms with Crippen LogP contribution in [-0.4, -0.2) is 49.4 Å². The highest BCUT2D eigenvalue weighted by molar-refractivity contribution is 7.18. The van der Waals surface area contributed by atoms with E-state index < -0.39 is 18.9 Å². The molecule has 1 amide bonds. The number of hydrogen-bond donors (Lipinski definition) is 1. The summed E-state index contributed by atoms with van der Waals surface area (Å²) in [6, 6.07) is 0. The number of alkyl halides is 2. The normalized spacial score (nSPS) is 10.8. The van der Waals surface area contributed by atoms with Gasteiger partial charge in [-0.3, -0.25) is 4.79 Å². The van der Waals surface area contributed by atoms with Crippen LogP contribution in [0.1, 0.15) is 16.6 Å². The fraction of sp³-hybridized carbons (Fsp3) is 0.600. The Bertz CT molecular complexity index is 424. The minimum atomic E-state index is -2.56. The molecule has 0 aliphatic carbocycles. The number of amides is 1. The monoisotopic (exact) mass is 278 g/mol. The Morgan fingerprint density at radius 1 is 1.50 bits per heavy atom. The van der Waals surface area contributed by atoms with E-state index in [2.05, 4.69) is 4.98 Å².